The first-order valence-electron chi connectivity index (χ1n) is 13.7. The van der Waals surface area contributed by atoms with Crippen LogP contribution in [0, 0.1) is 6.92 Å². The van der Waals surface area contributed by atoms with Crippen molar-refractivity contribution in [2.45, 2.75) is 78.9 Å². The maximum absolute atomic E-state index is 11.5. The number of nitrogens with zero attached hydrogens (tertiary/aromatic N) is 4. The maximum atomic E-state index is 11.5. The SMILES string of the molecule is Cc1cccc(CN(Cc2cc(N(C)C)cc(C(C)(C)C)c2O)Cc2cc(N(C)C)cc(C(C)(C)C)c2O)n1. The number of anilines is 2. The third-order valence-electron chi connectivity index (χ3n) is 7.12. The molecule has 0 saturated heterocycles. The van der Waals surface area contributed by atoms with E-state index >= 15 is 0 Å². The molecule has 0 aliphatic carbocycles. The molecule has 0 fully saturated rings. The van der Waals surface area contributed by atoms with Crippen molar-refractivity contribution in [2.24, 2.45) is 0 Å². The van der Waals surface area contributed by atoms with Crippen molar-refractivity contribution in [3.63, 3.8) is 0 Å². The average Bonchev–Trinajstić information content (AvgIpc) is 2.79. The van der Waals surface area contributed by atoms with Crippen LogP contribution in [0.4, 0.5) is 11.4 Å². The molecule has 39 heavy (non-hydrogen) atoms. The summed E-state index contributed by atoms with van der Waals surface area (Å²) in [6.45, 7) is 16.3. The number of aromatic hydroxyl groups is 2. The van der Waals surface area contributed by atoms with Crippen LogP contribution in [0.3, 0.4) is 0 Å². The smallest absolute Gasteiger partial charge is 0.123 e. The highest BCUT2D eigenvalue weighted by molar-refractivity contribution is 5.59. The van der Waals surface area contributed by atoms with E-state index in [1.807, 2.05) is 53.3 Å². The number of aromatic nitrogens is 1. The predicted octanol–water partition coefficient (Wildman–Crippen LogP) is 6.73. The van der Waals surface area contributed by atoms with Crippen LogP contribution in [0.2, 0.25) is 0 Å². The van der Waals surface area contributed by atoms with Gasteiger partial charge in [-0.3, -0.25) is 9.88 Å². The highest BCUT2D eigenvalue weighted by Gasteiger charge is 2.26. The lowest BCUT2D eigenvalue weighted by Gasteiger charge is -2.30. The van der Waals surface area contributed by atoms with Crippen LogP contribution in [0.5, 0.6) is 11.5 Å². The zero-order chi connectivity index (χ0) is 29.3. The molecule has 0 amide bonds. The Balaban J connectivity index is 2.14. The molecule has 3 aromatic rings. The van der Waals surface area contributed by atoms with Crippen molar-refractivity contribution in [3.05, 3.63) is 76.1 Å². The van der Waals surface area contributed by atoms with Gasteiger partial charge in [0, 0.05) is 87.1 Å². The van der Waals surface area contributed by atoms with E-state index in [1.54, 1.807) is 0 Å². The van der Waals surface area contributed by atoms with Crippen LogP contribution >= 0.6 is 0 Å². The standard InChI is InChI=1S/C33H48N4O2/c1-22-13-12-14-25(34-22)21-37(19-23-15-26(35(8)9)17-28(30(23)38)32(2,3)4)20-24-16-27(36(10)11)18-29(31(24)39)33(5,6)7/h12-18,38-39H,19-21H2,1-11H3. The second-order valence-electron chi connectivity index (χ2n) is 13.2. The molecule has 0 spiro atoms. The van der Waals surface area contributed by atoms with Gasteiger partial charge in [0.25, 0.3) is 0 Å². The van der Waals surface area contributed by atoms with E-state index in [1.165, 1.54) is 0 Å². The van der Waals surface area contributed by atoms with Gasteiger partial charge in [0.05, 0.1) is 5.69 Å². The van der Waals surface area contributed by atoms with Crippen LogP contribution in [-0.4, -0.2) is 48.3 Å². The van der Waals surface area contributed by atoms with Crippen LogP contribution < -0.4 is 9.80 Å². The van der Waals surface area contributed by atoms with Crippen molar-refractivity contribution >= 4 is 11.4 Å². The number of pyridine rings is 1. The molecule has 6 nitrogen and oxygen atoms in total. The summed E-state index contributed by atoms with van der Waals surface area (Å²) in [5, 5.41) is 22.9. The molecule has 0 unspecified atom stereocenters. The normalized spacial score (nSPS) is 12.2. The highest BCUT2D eigenvalue weighted by Crippen LogP contribution is 2.40. The Labute approximate surface area is 235 Å². The Kier molecular flexibility index (Phi) is 8.91. The van der Waals surface area contributed by atoms with Crippen LogP contribution in [0.15, 0.2) is 42.5 Å². The Bertz CT molecular complexity index is 1220. The predicted molar refractivity (Wildman–Crippen MR) is 164 cm³/mol. The Hall–Kier alpha value is -3.25. The summed E-state index contributed by atoms with van der Waals surface area (Å²) in [5.41, 5.74) is 7.15. The second-order valence-corrected chi connectivity index (χ2v) is 13.2. The van der Waals surface area contributed by atoms with E-state index in [0.717, 1.165) is 45.0 Å². The number of rotatable bonds is 8. The lowest BCUT2D eigenvalue weighted by molar-refractivity contribution is 0.237. The molecule has 2 aromatic carbocycles. The highest BCUT2D eigenvalue weighted by atomic mass is 16.3. The first-order valence-corrected chi connectivity index (χ1v) is 13.7. The molecule has 0 radical (unpaired) electrons. The fourth-order valence-corrected chi connectivity index (χ4v) is 4.82. The monoisotopic (exact) mass is 532 g/mol. The van der Waals surface area contributed by atoms with Crippen molar-refractivity contribution in [1.82, 2.24) is 9.88 Å². The van der Waals surface area contributed by atoms with Gasteiger partial charge in [0.1, 0.15) is 11.5 Å². The van der Waals surface area contributed by atoms with Crippen LogP contribution in [-0.2, 0) is 30.5 Å². The van der Waals surface area contributed by atoms with Crippen LogP contribution in [0.25, 0.3) is 0 Å². The number of aryl methyl sites for hydroxylation is 1. The molecular weight excluding hydrogens is 484 g/mol. The fraction of sp³-hybridized carbons (Fsp3) is 0.485. The Morgan fingerprint density at radius 3 is 1.46 bits per heavy atom. The van der Waals surface area contributed by atoms with Gasteiger partial charge in [0.15, 0.2) is 0 Å². The molecule has 0 bridgehead atoms. The summed E-state index contributed by atoms with van der Waals surface area (Å²) in [4.78, 5) is 11.2. The van der Waals surface area contributed by atoms with Gasteiger partial charge in [-0.25, -0.2) is 0 Å². The largest absolute Gasteiger partial charge is 0.507 e. The van der Waals surface area contributed by atoms with Gasteiger partial charge in [-0.15, -0.1) is 0 Å². The van der Waals surface area contributed by atoms with Crippen molar-refractivity contribution < 1.29 is 10.2 Å². The zero-order valence-electron chi connectivity index (χ0n) is 25.8. The Morgan fingerprint density at radius 1 is 0.667 bits per heavy atom. The van der Waals surface area contributed by atoms with Crippen molar-refractivity contribution in [1.29, 1.82) is 0 Å². The quantitative estimate of drug-likeness (QED) is 0.335. The summed E-state index contributed by atoms with van der Waals surface area (Å²) >= 11 is 0. The number of benzene rings is 2. The molecule has 6 heteroatoms. The van der Waals surface area contributed by atoms with Gasteiger partial charge in [0.2, 0.25) is 0 Å². The molecular formula is C33H48N4O2. The summed E-state index contributed by atoms with van der Waals surface area (Å²) in [7, 11) is 8.09. The second kappa shape index (κ2) is 11.5. The number of hydrogen-bond acceptors (Lipinski definition) is 6. The first kappa shape index (κ1) is 30.3. The van der Waals surface area contributed by atoms with E-state index in [4.69, 9.17) is 4.98 Å². The van der Waals surface area contributed by atoms with Gasteiger partial charge in [-0.05, 0) is 54.2 Å². The molecule has 0 atom stereocenters. The minimum atomic E-state index is -0.215. The fourth-order valence-electron chi connectivity index (χ4n) is 4.82. The maximum Gasteiger partial charge on any atom is 0.123 e. The Morgan fingerprint density at radius 2 is 1.10 bits per heavy atom. The average molecular weight is 533 g/mol. The third-order valence-corrected chi connectivity index (χ3v) is 7.12. The van der Waals surface area contributed by atoms with E-state index in [-0.39, 0.29) is 10.8 Å². The molecule has 0 aliphatic rings. The van der Waals surface area contributed by atoms with Crippen molar-refractivity contribution in [2.75, 3.05) is 38.0 Å². The zero-order valence-corrected chi connectivity index (χ0v) is 25.8. The number of phenolic OH excluding ortho intramolecular Hbond substituents is 2. The third kappa shape index (κ3) is 7.45. The van der Waals surface area contributed by atoms with Gasteiger partial charge in [-0.2, -0.15) is 0 Å². The molecule has 0 aliphatic heterocycles. The summed E-state index contributed by atoms with van der Waals surface area (Å²) in [5.74, 6) is 0.661. The van der Waals surface area contributed by atoms with Crippen LogP contribution in [0.1, 0.15) is 75.2 Å². The van der Waals surface area contributed by atoms with Gasteiger partial charge >= 0.3 is 0 Å². The first-order chi connectivity index (χ1) is 18.0. The minimum Gasteiger partial charge on any atom is -0.507 e. The van der Waals surface area contributed by atoms with Crippen molar-refractivity contribution in [3.8, 4) is 11.5 Å². The van der Waals surface area contributed by atoms with E-state index in [0.29, 0.717) is 31.1 Å². The summed E-state index contributed by atoms with van der Waals surface area (Å²) < 4.78 is 0. The topological polar surface area (TPSA) is 63.1 Å². The molecule has 1 heterocycles. The van der Waals surface area contributed by atoms with Gasteiger partial charge in [-0.1, -0.05) is 47.6 Å². The lowest BCUT2D eigenvalue weighted by atomic mass is 9.84. The van der Waals surface area contributed by atoms with E-state index in [2.05, 4.69) is 80.5 Å². The molecule has 2 N–H and O–H groups in total. The van der Waals surface area contributed by atoms with E-state index in [9.17, 15) is 10.2 Å². The number of phenols is 2. The lowest BCUT2D eigenvalue weighted by Crippen LogP contribution is -2.25. The molecule has 212 valence electrons. The molecule has 3 rings (SSSR count). The summed E-state index contributed by atoms with van der Waals surface area (Å²) in [6, 6.07) is 14.3. The van der Waals surface area contributed by atoms with E-state index < -0.39 is 0 Å². The minimum absolute atomic E-state index is 0.215. The molecule has 1 aromatic heterocycles. The van der Waals surface area contributed by atoms with Gasteiger partial charge < -0.3 is 20.0 Å². The number of hydrogen-bond donors (Lipinski definition) is 2. The summed E-state index contributed by atoms with van der Waals surface area (Å²) in [6.07, 6.45) is 0. The molecule has 0 saturated carbocycles.